The van der Waals surface area contributed by atoms with Crippen LogP contribution in [0.3, 0.4) is 0 Å². The van der Waals surface area contributed by atoms with Crippen molar-refractivity contribution in [2.24, 2.45) is 5.73 Å². The number of carbonyl (C=O) groups is 3. The van der Waals surface area contributed by atoms with Crippen molar-refractivity contribution in [2.75, 3.05) is 0 Å². The first-order valence-corrected chi connectivity index (χ1v) is 11.1. The second-order valence-electron chi connectivity index (χ2n) is 8.78. The Morgan fingerprint density at radius 2 is 1.48 bits per heavy atom. The summed E-state index contributed by atoms with van der Waals surface area (Å²) in [6.45, 7) is 5.70. The average molecular weight is 455 g/mol. The van der Waals surface area contributed by atoms with Gasteiger partial charge in [-0.3, -0.25) is 20.4 Å². The van der Waals surface area contributed by atoms with Gasteiger partial charge in [0, 0.05) is 13.0 Å². The van der Waals surface area contributed by atoms with E-state index in [0.717, 1.165) is 16.7 Å². The van der Waals surface area contributed by atoms with Gasteiger partial charge >= 0.3 is 6.09 Å². The Kier molecular flexibility index (Phi) is 9.87. The van der Waals surface area contributed by atoms with E-state index in [1.807, 2.05) is 54.6 Å². The second-order valence-corrected chi connectivity index (χ2v) is 8.78. The van der Waals surface area contributed by atoms with Crippen LogP contribution in [-0.2, 0) is 33.7 Å². The summed E-state index contributed by atoms with van der Waals surface area (Å²) in [4.78, 5) is 37.1. The van der Waals surface area contributed by atoms with E-state index in [9.17, 15) is 14.4 Å². The van der Waals surface area contributed by atoms with Gasteiger partial charge in [0.05, 0.1) is 0 Å². The van der Waals surface area contributed by atoms with Crippen LogP contribution in [0.5, 0.6) is 0 Å². The molecule has 0 heterocycles. The molecule has 2 rings (SSSR count). The lowest BCUT2D eigenvalue weighted by atomic mass is 10.0. The molecule has 8 heteroatoms. The highest BCUT2D eigenvalue weighted by Crippen LogP contribution is 2.10. The van der Waals surface area contributed by atoms with Gasteiger partial charge in [-0.1, -0.05) is 54.6 Å². The molecule has 0 fully saturated rings. The van der Waals surface area contributed by atoms with E-state index in [1.165, 1.54) is 0 Å². The summed E-state index contributed by atoms with van der Waals surface area (Å²) >= 11 is 0. The molecule has 0 aliphatic rings. The Balaban J connectivity index is 1.88. The summed E-state index contributed by atoms with van der Waals surface area (Å²) in [6.07, 6.45) is 0.958. The normalized spacial score (nSPS) is 11.9. The van der Waals surface area contributed by atoms with Crippen molar-refractivity contribution in [3.05, 3.63) is 71.3 Å². The molecule has 0 spiro atoms. The molecular formula is C25H34N4O4. The Bertz CT molecular complexity index is 908. The number of aryl methyl sites for hydroxylation is 2. The molecule has 0 saturated carbocycles. The predicted molar refractivity (Wildman–Crippen MR) is 127 cm³/mol. The van der Waals surface area contributed by atoms with Gasteiger partial charge in [-0.15, -0.1) is 0 Å². The first-order valence-electron chi connectivity index (χ1n) is 11.1. The number of alkyl carbamates (subject to hydrolysis) is 1. The molecule has 33 heavy (non-hydrogen) atoms. The van der Waals surface area contributed by atoms with Crippen molar-refractivity contribution >= 4 is 17.9 Å². The van der Waals surface area contributed by atoms with Crippen molar-refractivity contribution in [1.29, 1.82) is 0 Å². The summed E-state index contributed by atoms with van der Waals surface area (Å²) in [5.41, 5.74) is 12.8. The summed E-state index contributed by atoms with van der Waals surface area (Å²) in [5.74, 6) is -0.845. The molecule has 0 aliphatic heterocycles. The zero-order valence-corrected chi connectivity index (χ0v) is 19.5. The first-order chi connectivity index (χ1) is 15.7. The molecule has 1 unspecified atom stereocenters. The molecule has 0 aromatic heterocycles. The van der Waals surface area contributed by atoms with Gasteiger partial charge in [-0.2, -0.15) is 0 Å². The lowest BCUT2D eigenvalue weighted by Gasteiger charge is -2.23. The van der Waals surface area contributed by atoms with Gasteiger partial charge in [0.15, 0.2) is 0 Å². The number of rotatable bonds is 9. The summed E-state index contributed by atoms with van der Waals surface area (Å²) in [6, 6.07) is 16.5. The van der Waals surface area contributed by atoms with Crippen LogP contribution in [-0.4, -0.2) is 29.6 Å². The lowest BCUT2D eigenvalue weighted by Crippen LogP contribution is -2.53. The SMILES string of the molecule is CC(C)(C)OC(=O)NC(CCc1ccccc1)C(=O)NNC(=O)CCc1ccc(CN)cc1. The fourth-order valence-electron chi connectivity index (χ4n) is 3.06. The molecule has 0 aliphatic carbocycles. The quantitative estimate of drug-likeness (QED) is 0.434. The highest BCUT2D eigenvalue weighted by molar-refractivity contribution is 5.87. The van der Waals surface area contributed by atoms with Crippen LogP contribution < -0.4 is 21.9 Å². The molecule has 1 atom stereocenters. The Morgan fingerprint density at radius 3 is 2.09 bits per heavy atom. The van der Waals surface area contributed by atoms with Crippen LogP contribution in [0.25, 0.3) is 0 Å². The molecule has 5 N–H and O–H groups in total. The highest BCUT2D eigenvalue weighted by atomic mass is 16.6. The Labute approximate surface area is 195 Å². The minimum absolute atomic E-state index is 0.205. The molecule has 0 saturated heterocycles. The van der Waals surface area contributed by atoms with Crippen LogP contribution in [0, 0.1) is 0 Å². The van der Waals surface area contributed by atoms with E-state index < -0.39 is 23.6 Å². The standard InChI is InChI=1S/C25H34N4O4/c1-25(2,3)33-24(32)27-21(15-13-18-7-5-4-6-8-18)23(31)29-28-22(30)16-14-19-9-11-20(17-26)12-10-19/h4-12,21H,13-17,26H2,1-3H3,(H,27,32)(H,28,30)(H,29,31). The van der Waals surface area contributed by atoms with E-state index in [0.29, 0.717) is 25.8 Å². The average Bonchev–Trinajstić information content (AvgIpc) is 2.78. The van der Waals surface area contributed by atoms with E-state index in [4.69, 9.17) is 10.5 Å². The molecule has 3 amide bonds. The van der Waals surface area contributed by atoms with Crippen LogP contribution in [0.1, 0.15) is 50.3 Å². The monoisotopic (exact) mass is 454 g/mol. The maximum Gasteiger partial charge on any atom is 0.408 e. The largest absolute Gasteiger partial charge is 0.444 e. The molecule has 2 aromatic carbocycles. The molecular weight excluding hydrogens is 420 g/mol. The number of benzene rings is 2. The van der Waals surface area contributed by atoms with Gasteiger partial charge in [0.25, 0.3) is 5.91 Å². The van der Waals surface area contributed by atoms with E-state index in [-0.39, 0.29) is 12.3 Å². The molecule has 2 aromatic rings. The van der Waals surface area contributed by atoms with Crippen molar-refractivity contribution in [1.82, 2.24) is 16.2 Å². The third-order valence-electron chi connectivity index (χ3n) is 4.80. The fourth-order valence-corrected chi connectivity index (χ4v) is 3.06. The molecule has 0 bridgehead atoms. The lowest BCUT2D eigenvalue weighted by molar-refractivity contribution is -0.130. The molecule has 0 radical (unpaired) electrons. The van der Waals surface area contributed by atoms with Crippen molar-refractivity contribution < 1.29 is 19.1 Å². The predicted octanol–water partition coefficient (Wildman–Crippen LogP) is 2.75. The van der Waals surface area contributed by atoms with Crippen molar-refractivity contribution in [2.45, 2.75) is 64.6 Å². The number of amides is 3. The molecule has 8 nitrogen and oxygen atoms in total. The number of carbonyl (C=O) groups excluding carboxylic acids is 3. The van der Waals surface area contributed by atoms with Gasteiger partial charge in [-0.25, -0.2) is 4.79 Å². The zero-order chi connectivity index (χ0) is 24.3. The number of hydrazine groups is 1. The van der Waals surface area contributed by atoms with Gasteiger partial charge < -0.3 is 15.8 Å². The maximum atomic E-state index is 12.7. The van der Waals surface area contributed by atoms with Gasteiger partial charge in [0.1, 0.15) is 11.6 Å². The smallest absolute Gasteiger partial charge is 0.408 e. The Morgan fingerprint density at radius 1 is 0.879 bits per heavy atom. The summed E-state index contributed by atoms with van der Waals surface area (Å²) in [7, 11) is 0. The fraction of sp³-hybridized carbons (Fsp3) is 0.400. The number of hydrogen-bond donors (Lipinski definition) is 4. The maximum absolute atomic E-state index is 12.7. The van der Waals surface area contributed by atoms with Crippen LogP contribution >= 0.6 is 0 Å². The van der Waals surface area contributed by atoms with Crippen LogP contribution in [0.2, 0.25) is 0 Å². The van der Waals surface area contributed by atoms with Crippen LogP contribution in [0.15, 0.2) is 54.6 Å². The third-order valence-corrected chi connectivity index (χ3v) is 4.80. The van der Waals surface area contributed by atoms with Gasteiger partial charge in [-0.05, 0) is 56.7 Å². The zero-order valence-electron chi connectivity index (χ0n) is 19.5. The number of hydrogen-bond acceptors (Lipinski definition) is 5. The number of nitrogens with one attached hydrogen (secondary N) is 3. The van der Waals surface area contributed by atoms with E-state index in [2.05, 4.69) is 16.2 Å². The van der Waals surface area contributed by atoms with Crippen LogP contribution in [0.4, 0.5) is 4.79 Å². The third kappa shape index (κ3) is 10.2. The Hall–Kier alpha value is -3.39. The second kappa shape index (κ2) is 12.6. The number of nitrogens with two attached hydrogens (primary N) is 1. The topological polar surface area (TPSA) is 123 Å². The van der Waals surface area contributed by atoms with Gasteiger partial charge in [0.2, 0.25) is 5.91 Å². The summed E-state index contributed by atoms with van der Waals surface area (Å²) in [5, 5.41) is 2.60. The van der Waals surface area contributed by atoms with Crippen molar-refractivity contribution in [3.63, 3.8) is 0 Å². The highest BCUT2D eigenvalue weighted by Gasteiger charge is 2.24. The van der Waals surface area contributed by atoms with Crippen molar-refractivity contribution in [3.8, 4) is 0 Å². The molecule has 178 valence electrons. The minimum atomic E-state index is -0.871. The van der Waals surface area contributed by atoms with E-state index in [1.54, 1.807) is 20.8 Å². The number of ether oxygens (including phenoxy) is 1. The summed E-state index contributed by atoms with van der Waals surface area (Å²) < 4.78 is 5.27. The minimum Gasteiger partial charge on any atom is -0.444 e. The van der Waals surface area contributed by atoms with E-state index >= 15 is 0 Å². The first kappa shape index (κ1) is 25.9.